The first-order valence-electron chi connectivity index (χ1n) is 8.86. The normalized spacial score (nSPS) is 23.9. The van der Waals surface area contributed by atoms with Crippen LogP contribution in [0.2, 0.25) is 5.02 Å². The summed E-state index contributed by atoms with van der Waals surface area (Å²) in [5.41, 5.74) is 0.946. The van der Waals surface area contributed by atoms with E-state index in [-0.39, 0.29) is 11.8 Å². The molecule has 0 aliphatic carbocycles. The molecule has 3 aromatic rings. The molecule has 1 aliphatic heterocycles. The van der Waals surface area contributed by atoms with Crippen molar-refractivity contribution >= 4 is 34.7 Å². The van der Waals surface area contributed by atoms with Gasteiger partial charge < -0.3 is 20.1 Å². The predicted molar refractivity (Wildman–Crippen MR) is 110 cm³/mol. The van der Waals surface area contributed by atoms with Gasteiger partial charge in [-0.25, -0.2) is 9.67 Å². The van der Waals surface area contributed by atoms with Gasteiger partial charge in [0, 0.05) is 16.7 Å². The number of hydrogen-bond acceptors (Lipinski definition) is 10. The highest BCUT2D eigenvalue weighted by Gasteiger charge is 2.39. The van der Waals surface area contributed by atoms with Crippen LogP contribution in [0.25, 0.3) is 11.4 Å². The Balaban J connectivity index is 1.55. The molecule has 4 rings (SSSR count). The molecule has 2 unspecified atom stereocenters. The van der Waals surface area contributed by atoms with Crippen LogP contribution in [0.5, 0.6) is 5.19 Å². The third-order valence-corrected chi connectivity index (χ3v) is 6.70. The van der Waals surface area contributed by atoms with E-state index in [4.69, 9.17) is 21.6 Å². The van der Waals surface area contributed by atoms with Crippen molar-refractivity contribution in [3.63, 3.8) is 0 Å². The van der Waals surface area contributed by atoms with E-state index in [1.807, 2.05) is 6.07 Å². The number of thiazole rings is 1. The minimum absolute atomic E-state index is 0.0662. The Morgan fingerprint density at radius 3 is 2.90 bits per heavy atom. The Kier molecular flexibility index (Phi) is 6.24. The molecule has 3 N–H and O–H groups in total. The summed E-state index contributed by atoms with van der Waals surface area (Å²) < 4.78 is 7.37. The monoisotopic (exact) mass is 465 g/mol. The third kappa shape index (κ3) is 4.29. The van der Waals surface area contributed by atoms with Crippen LogP contribution in [-0.4, -0.2) is 59.5 Å². The van der Waals surface area contributed by atoms with Gasteiger partial charge >= 0.3 is 0 Å². The Morgan fingerprint density at radius 1 is 1.40 bits per heavy atom. The van der Waals surface area contributed by atoms with E-state index < -0.39 is 23.7 Å². The zero-order valence-corrected chi connectivity index (χ0v) is 17.7. The fourth-order valence-electron chi connectivity index (χ4n) is 3.16. The quantitative estimate of drug-likeness (QED) is 0.518. The van der Waals surface area contributed by atoms with Gasteiger partial charge in [0.1, 0.15) is 35.1 Å². The fraction of sp³-hybridized carbons (Fsp3) is 0.333. The van der Waals surface area contributed by atoms with Crippen LogP contribution in [0.1, 0.15) is 18.0 Å². The van der Waals surface area contributed by atoms with Crippen molar-refractivity contribution in [1.29, 1.82) is 5.26 Å². The second-order valence-electron chi connectivity index (χ2n) is 6.55. The lowest BCUT2D eigenvalue weighted by Crippen LogP contribution is -2.47. The molecule has 0 amide bonds. The molecule has 9 nitrogen and oxygen atoms in total. The maximum Gasteiger partial charge on any atom is 0.271 e. The van der Waals surface area contributed by atoms with Crippen LogP contribution >= 0.6 is 34.7 Å². The molecule has 156 valence electrons. The van der Waals surface area contributed by atoms with Gasteiger partial charge in [0.2, 0.25) is 0 Å². The van der Waals surface area contributed by atoms with Crippen LogP contribution < -0.4 is 0 Å². The number of aliphatic hydroxyl groups excluding tert-OH is 2. The van der Waals surface area contributed by atoms with Gasteiger partial charge in [-0.05, 0) is 18.2 Å². The van der Waals surface area contributed by atoms with Crippen molar-refractivity contribution in [1.82, 2.24) is 20.0 Å². The van der Waals surface area contributed by atoms with Crippen LogP contribution in [0.15, 0.2) is 34.7 Å². The van der Waals surface area contributed by atoms with Crippen LogP contribution in [0.4, 0.5) is 0 Å². The van der Waals surface area contributed by atoms with Crippen LogP contribution in [-0.2, 0) is 4.74 Å². The Morgan fingerprint density at radius 2 is 2.23 bits per heavy atom. The molecular weight excluding hydrogens is 450 g/mol. The number of rotatable bonds is 5. The lowest BCUT2D eigenvalue weighted by atomic mass is 10.00. The van der Waals surface area contributed by atoms with E-state index in [0.717, 1.165) is 16.2 Å². The molecule has 0 bridgehead atoms. The topological polar surface area (TPSA) is 137 Å². The zero-order valence-electron chi connectivity index (χ0n) is 15.3. The molecule has 2 aromatic heterocycles. The lowest BCUT2D eigenvalue weighted by Gasteiger charge is -2.38. The van der Waals surface area contributed by atoms with Gasteiger partial charge in [-0.15, -0.1) is 5.10 Å². The first kappa shape index (κ1) is 21.0. The molecule has 1 aliphatic rings. The predicted octanol–water partition coefficient (Wildman–Crippen LogP) is 2.43. The van der Waals surface area contributed by atoms with Crippen molar-refractivity contribution in [3.05, 3.63) is 40.4 Å². The average molecular weight is 466 g/mol. The number of aromatic hydroxyl groups is 1. The first-order valence-corrected chi connectivity index (χ1v) is 11.0. The second kappa shape index (κ2) is 8.89. The Hall–Kier alpha value is -2.20. The summed E-state index contributed by atoms with van der Waals surface area (Å²) in [5, 5.41) is 48.9. The number of aromatic nitrogens is 4. The number of nitriles is 1. The van der Waals surface area contributed by atoms with Crippen molar-refractivity contribution < 1.29 is 20.1 Å². The van der Waals surface area contributed by atoms with E-state index >= 15 is 0 Å². The van der Waals surface area contributed by atoms with Crippen molar-refractivity contribution in [2.45, 2.75) is 35.0 Å². The summed E-state index contributed by atoms with van der Waals surface area (Å²) in [4.78, 5) is 4.77. The summed E-state index contributed by atoms with van der Waals surface area (Å²) in [6.07, 6.45) is 0.244. The number of thioether (sulfide) groups is 1. The number of ether oxygens (including phenoxy) is 1. The lowest BCUT2D eigenvalue weighted by molar-refractivity contribution is -0.130. The van der Waals surface area contributed by atoms with Gasteiger partial charge in [-0.1, -0.05) is 39.9 Å². The molecular formula is C18H16ClN5O4S2. The second-order valence-corrected chi connectivity index (χ2v) is 9.03. The van der Waals surface area contributed by atoms with E-state index in [2.05, 4.69) is 15.3 Å². The van der Waals surface area contributed by atoms with Gasteiger partial charge in [0.25, 0.3) is 5.19 Å². The molecule has 30 heavy (non-hydrogen) atoms. The summed E-state index contributed by atoms with van der Waals surface area (Å²) in [5.74, 6) is 0. The molecule has 0 saturated carbocycles. The largest absolute Gasteiger partial charge is 0.486 e. The standard InChI is InChI=1S/C18H16ClN5O4S2/c19-11-3-10(2-1-9(11)5-20)30-16-4-14(17(26)15(7-25)28-16)24-6-12(22-23-24)13-8-29-18(27)21-13/h1-3,6,8,14-17,25-26H,4,7H2,(H,21,27)/t14?,15?,16-,17-/m1/s1. The van der Waals surface area contributed by atoms with Gasteiger partial charge in [-0.2, -0.15) is 5.26 Å². The van der Waals surface area contributed by atoms with E-state index in [0.29, 0.717) is 28.4 Å². The SMILES string of the molecule is N#Cc1ccc(S[C@@H]2CC(n3cc(-c4csc(O)n4)nn3)[C@@H](O)C(CO)O2)cc1Cl. The molecule has 1 saturated heterocycles. The average Bonchev–Trinajstić information content (AvgIpc) is 3.38. The maximum atomic E-state index is 10.7. The minimum atomic E-state index is -0.991. The minimum Gasteiger partial charge on any atom is -0.486 e. The highest BCUT2D eigenvalue weighted by molar-refractivity contribution is 7.99. The zero-order chi connectivity index (χ0) is 21.3. The van der Waals surface area contributed by atoms with Crippen LogP contribution in [0.3, 0.4) is 0 Å². The highest BCUT2D eigenvalue weighted by Crippen LogP contribution is 2.38. The maximum absolute atomic E-state index is 10.7. The molecule has 3 heterocycles. The van der Waals surface area contributed by atoms with Crippen molar-refractivity contribution in [3.8, 4) is 22.7 Å². The molecule has 4 atom stereocenters. The molecule has 0 spiro atoms. The van der Waals surface area contributed by atoms with Crippen molar-refractivity contribution in [2.75, 3.05) is 6.61 Å². The summed E-state index contributed by atoms with van der Waals surface area (Å²) in [7, 11) is 0. The number of hydrogen-bond donors (Lipinski definition) is 3. The van der Waals surface area contributed by atoms with Gasteiger partial charge in [0.15, 0.2) is 0 Å². The fourth-order valence-corrected chi connectivity index (χ4v) is 5.11. The van der Waals surface area contributed by atoms with Gasteiger partial charge in [-0.3, -0.25) is 0 Å². The third-order valence-electron chi connectivity index (χ3n) is 4.65. The number of benzene rings is 1. The van der Waals surface area contributed by atoms with E-state index in [1.165, 1.54) is 16.4 Å². The summed E-state index contributed by atoms with van der Waals surface area (Å²) >= 11 is 8.58. The van der Waals surface area contributed by atoms with E-state index in [1.54, 1.807) is 29.8 Å². The summed E-state index contributed by atoms with van der Waals surface area (Å²) in [6.45, 7) is -0.357. The highest BCUT2D eigenvalue weighted by atomic mass is 35.5. The Labute approximate surface area is 184 Å². The van der Waals surface area contributed by atoms with Crippen molar-refractivity contribution in [2.24, 2.45) is 0 Å². The Bertz CT molecular complexity index is 1080. The molecule has 1 fully saturated rings. The first-order chi connectivity index (χ1) is 14.5. The summed E-state index contributed by atoms with van der Waals surface area (Å²) in [6, 6.07) is 6.62. The number of nitrogens with zero attached hydrogens (tertiary/aromatic N) is 5. The smallest absolute Gasteiger partial charge is 0.271 e. The molecule has 0 radical (unpaired) electrons. The van der Waals surface area contributed by atoms with Gasteiger partial charge in [0.05, 0.1) is 29.4 Å². The molecule has 12 heteroatoms. The molecule has 1 aromatic carbocycles. The van der Waals surface area contributed by atoms with E-state index in [9.17, 15) is 15.3 Å². The number of halogens is 1. The van der Waals surface area contributed by atoms with Crippen LogP contribution in [0, 0.1) is 11.3 Å². The number of aliphatic hydroxyl groups is 2.